The van der Waals surface area contributed by atoms with E-state index in [4.69, 9.17) is 0 Å². The minimum absolute atomic E-state index is 0.359. The fourth-order valence-electron chi connectivity index (χ4n) is 1.19. The Kier molecular flexibility index (Phi) is 4.35. The molecule has 0 aliphatic carbocycles. The lowest BCUT2D eigenvalue weighted by molar-refractivity contribution is 0.200. The lowest BCUT2D eigenvalue weighted by Gasteiger charge is -2.08. The molecule has 0 fully saturated rings. The van der Waals surface area contributed by atoms with E-state index < -0.39 is 17.7 Å². The maximum absolute atomic E-state index is 12.8. The molecule has 0 amide bonds. The predicted molar refractivity (Wildman–Crippen MR) is 54.5 cm³/mol. The molecular weight excluding hydrogens is 206 g/mol. The number of hydrogen-bond donors (Lipinski definition) is 1. The molecule has 0 saturated heterocycles. The van der Waals surface area contributed by atoms with Crippen LogP contribution in [0.15, 0.2) is 18.2 Å². The van der Waals surface area contributed by atoms with Crippen LogP contribution in [0.3, 0.4) is 0 Å². The molecule has 0 aromatic heterocycles. The number of aliphatic hydroxyl groups is 1. The van der Waals surface area contributed by atoms with Crippen molar-refractivity contribution in [2.45, 2.75) is 12.5 Å². The normalized spacial score (nSPS) is 12.9. The van der Waals surface area contributed by atoms with Gasteiger partial charge in [-0.25, -0.2) is 8.78 Å². The van der Waals surface area contributed by atoms with Crippen LogP contribution in [0, 0.1) is 11.6 Å². The zero-order valence-electron chi connectivity index (χ0n) is 7.84. The van der Waals surface area contributed by atoms with Crippen LogP contribution in [-0.2, 0) is 6.42 Å². The van der Waals surface area contributed by atoms with E-state index in [2.05, 4.69) is 0 Å². The highest BCUT2D eigenvalue weighted by Crippen LogP contribution is 2.11. The van der Waals surface area contributed by atoms with Gasteiger partial charge in [-0.3, -0.25) is 0 Å². The van der Waals surface area contributed by atoms with Crippen molar-refractivity contribution < 1.29 is 13.9 Å². The molecule has 14 heavy (non-hydrogen) atoms. The molecule has 0 aliphatic rings. The Morgan fingerprint density at radius 2 is 2.07 bits per heavy atom. The summed E-state index contributed by atoms with van der Waals surface area (Å²) in [6.45, 7) is 0. The third-order valence-electron chi connectivity index (χ3n) is 1.81. The summed E-state index contributed by atoms with van der Waals surface area (Å²) in [6, 6.07) is 3.69. The maximum Gasteiger partial charge on any atom is 0.159 e. The van der Waals surface area contributed by atoms with E-state index in [0.717, 1.165) is 12.1 Å². The van der Waals surface area contributed by atoms with Gasteiger partial charge in [0.05, 0.1) is 6.10 Å². The van der Waals surface area contributed by atoms with Gasteiger partial charge in [-0.1, -0.05) is 6.07 Å². The van der Waals surface area contributed by atoms with Crippen molar-refractivity contribution in [3.8, 4) is 0 Å². The molecule has 0 bridgehead atoms. The van der Waals surface area contributed by atoms with Crippen LogP contribution in [0.2, 0.25) is 0 Å². The average Bonchev–Trinajstić information content (AvgIpc) is 2.12. The molecule has 1 nitrogen and oxygen atoms in total. The molecule has 1 N–H and O–H groups in total. The Bertz CT molecular complexity index is 304. The molecule has 1 rings (SSSR count). The number of halogens is 2. The third kappa shape index (κ3) is 3.27. The first-order valence-electron chi connectivity index (χ1n) is 4.24. The molecule has 1 aromatic rings. The van der Waals surface area contributed by atoms with Crippen LogP contribution in [0.5, 0.6) is 0 Å². The molecular formula is C10H12F2OS. The molecule has 1 unspecified atom stereocenters. The molecule has 1 atom stereocenters. The summed E-state index contributed by atoms with van der Waals surface area (Å²) < 4.78 is 25.3. The van der Waals surface area contributed by atoms with Gasteiger partial charge in [0.2, 0.25) is 0 Å². The van der Waals surface area contributed by atoms with Crippen molar-refractivity contribution in [2.24, 2.45) is 0 Å². The van der Waals surface area contributed by atoms with Crippen LogP contribution in [0.1, 0.15) is 5.56 Å². The quantitative estimate of drug-likeness (QED) is 0.836. The zero-order chi connectivity index (χ0) is 10.6. The van der Waals surface area contributed by atoms with Gasteiger partial charge in [0.15, 0.2) is 11.6 Å². The van der Waals surface area contributed by atoms with Gasteiger partial charge >= 0.3 is 0 Å². The van der Waals surface area contributed by atoms with Gasteiger partial charge in [-0.15, -0.1) is 0 Å². The van der Waals surface area contributed by atoms with Gasteiger partial charge < -0.3 is 5.11 Å². The standard InChI is InChI=1S/C10H12F2OS/c1-14-6-8(13)4-7-2-3-9(11)10(12)5-7/h2-3,5,8,13H,4,6H2,1H3. The first-order valence-corrected chi connectivity index (χ1v) is 5.64. The molecule has 0 spiro atoms. The predicted octanol–water partition coefficient (Wildman–Crippen LogP) is 2.23. The summed E-state index contributed by atoms with van der Waals surface area (Å²) in [7, 11) is 0. The summed E-state index contributed by atoms with van der Waals surface area (Å²) in [5.41, 5.74) is 0.616. The van der Waals surface area contributed by atoms with E-state index in [1.54, 1.807) is 0 Å². The van der Waals surface area contributed by atoms with Crippen molar-refractivity contribution in [3.05, 3.63) is 35.4 Å². The highest BCUT2D eigenvalue weighted by atomic mass is 32.2. The fourth-order valence-corrected chi connectivity index (χ4v) is 1.69. The summed E-state index contributed by atoms with van der Waals surface area (Å²) in [5, 5.41) is 9.43. The van der Waals surface area contributed by atoms with E-state index in [9.17, 15) is 13.9 Å². The van der Waals surface area contributed by atoms with E-state index >= 15 is 0 Å². The summed E-state index contributed by atoms with van der Waals surface area (Å²) in [5.74, 6) is -1.12. The van der Waals surface area contributed by atoms with E-state index in [1.165, 1.54) is 17.8 Å². The Morgan fingerprint density at radius 3 is 2.64 bits per heavy atom. The van der Waals surface area contributed by atoms with E-state index in [0.29, 0.717) is 17.7 Å². The topological polar surface area (TPSA) is 20.2 Å². The second-order valence-electron chi connectivity index (χ2n) is 3.06. The first kappa shape index (κ1) is 11.5. The zero-order valence-corrected chi connectivity index (χ0v) is 8.65. The van der Waals surface area contributed by atoms with Crippen LogP contribution < -0.4 is 0 Å². The third-order valence-corrected chi connectivity index (χ3v) is 2.53. The van der Waals surface area contributed by atoms with Gasteiger partial charge in [-0.2, -0.15) is 11.8 Å². The summed E-state index contributed by atoms with van der Waals surface area (Å²) >= 11 is 1.52. The van der Waals surface area contributed by atoms with Crippen LogP contribution in [0.4, 0.5) is 8.78 Å². The van der Waals surface area contributed by atoms with Crippen molar-refractivity contribution in [1.82, 2.24) is 0 Å². The Balaban J connectivity index is 2.63. The van der Waals surface area contributed by atoms with Gasteiger partial charge in [0.25, 0.3) is 0 Å². The maximum atomic E-state index is 12.8. The number of aliphatic hydroxyl groups excluding tert-OH is 1. The van der Waals surface area contributed by atoms with Crippen LogP contribution in [-0.4, -0.2) is 23.2 Å². The van der Waals surface area contributed by atoms with Crippen molar-refractivity contribution in [3.63, 3.8) is 0 Å². The minimum atomic E-state index is -0.862. The molecule has 0 aliphatic heterocycles. The van der Waals surface area contributed by atoms with Crippen molar-refractivity contribution >= 4 is 11.8 Å². The van der Waals surface area contributed by atoms with Gasteiger partial charge in [0.1, 0.15) is 0 Å². The highest BCUT2D eigenvalue weighted by molar-refractivity contribution is 7.98. The number of rotatable bonds is 4. The van der Waals surface area contributed by atoms with Gasteiger partial charge in [0, 0.05) is 5.75 Å². The number of thioether (sulfide) groups is 1. The Labute approximate surface area is 86.1 Å². The Morgan fingerprint density at radius 1 is 1.36 bits per heavy atom. The smallest absolute Gasteiger partial charge is 0.159 e. The summed E-state index contributed by atoms with van der Waals surface area (Å²) in [4.78, 5) is 0. The van der Waals surface area contributed by atoms with E-state index in [1.807, 2.05) is 6.26 Å². The highest BCUT2D eigenvalue weighted by Gasteiger charge is 2.07. The van der Waals surface area contributed by atoms with Crippen LogP contribution >= 0.6 is 11.8 Å². The monoisotopic (exact) mass is 218 g/mol. The molecule has 1 aromatic carbocycles. The molecule has 0 saturated carbocycles. The average molecular weight is 218 g/mol. The Hall–Kier alpha value is -0.610. The molecule has 0 heterocycles. The molecule has 78 valence electrons. The SMILES string of the molecule is CSCC(O)Cc1ccc(F)c(F)c1. The largest absolute Gasteiger partial charge is 0.392 e. The fraction of sp³-hybridized carbons (Fsp3) is 0.400. The number of benzene rings is 1. The van der Waals surface area contributed by atoms with E-state index in [-0.39, 0.29) is 0 Å². The molecule has 0 radical (unpaired) electrons. The second kappa shape index (κ2) is 5.32. The van der Waals surface area contributed by atoms with Crippen molar-refractivity contribution in [1.29, 1.82) is 0 Å². The lowest BCUT2D eigenvalue weighted by Crippen LogP contribution is -2.13. The first-order chi connectivity index (χ1) is 6.63. The van der Waals surface area contributed by atoms with Crippen LogP contribution in [0.25, 0.3) is 0 Å². The van der Waals surface area contributed by atoms with Gasteiger partial charge in [-0.05, 0) is 30.4 Å². The minimum Gasteiger partial charge on any atom is -0.392 e. The molecule has 4 heteroatoms. The second-order valence-corrected chi connectivity index (χ2v) is 3.97. The van der Waals surface area contributed by atoms with Crippen molar-refractivity contribution in [2.75, 3.05) is 12.0 Å². The summed E-state index contributed by atoms with van der Waals surface area (Å²) in [6.07, 6.45) is 1.74. The lowest BCUT2D eigenvalue weighted by atomic mass is 10.1. The number of hydrogen-bond acceptors (Lipinski definition) is 2.